The Bertz CT molecular complexity index is 504. The van der Waals surface area contributed by atoms with E-state index < -0.39 is 9.84 Å². The summed E-state index contributed by atoms with van der Waals surface area (Å²) in [6.45, 7) is 2.97. The summed E-state index contributed by atoms with van der Waals surface area (Å²) < 4.78 is 22.9. The largest absolute Gasteiger partial charge is 0.336 e. The summed E-state index contributed by atoms with van der Waals surface area (Å²) in [5, 5.41) is 7.34. The van der Waals surface area contributed by atoms with Gasteiger partial charge in [-0.15, -0.1) is 10.2 Å². The van der Waals surface area contributed by atoms with Crippen LogP contribution in [0, 0.1) is 0 Å². The molecule has 8 heteroatoms. The van der Waals surface area contributed by atoms with Crippen LogP contribution in [0.5, 0.6) is 0 Å². The Morgan fingerprint density at radius 1 is 1.44 bits per heavy atom. The quantitative estimate of drug-likeness (QED) is 0.775. The Morgan fingerprint density at radius 2 is 2.12 bits per heavy atom. The normalized spacial score (nSPS) is 15.9. The molecule has 2 heterocycles. The van der Waals surface area contributed by atoms with Crippen LogP contribution >= 0.6 is 11.3 Å². The van der Waals surface area contributed by atoms with Gasteiger partial charge in [-0.05, 0) is 6.42 Å². The van der Waals surface area contributed by atoms with Crippen LogP contribution in [-0.4, -0.2) is 48.3 Å². The predicted octanol–water partition coefficient (Wildman–Crippen LogP) is 0.178. The molecule has 0 unspecified atom stereocenters. The van der Waals surface area contributed by atoms with Gasteiger partial charge in [0.15, 0.2) is 0 Å². The molecule has 1 aromatic heterocycles. The van der Waals surface area contributed by atoms with E-state index in [0.717, 1.165) is 17.8 Å². The Kier molecular flexibility index (Phi) is 2.94. The van der Waals surface area contributed by atoms with Gasteiger partial charge in [-0.3, -0.25) is 4.79 Å². The molecule has 0 saturated carbocycles. The van der Waals surface area contributed by atoms with Crippen LogP contribution in [0.3, 0.4) is 0 Å². The average molecular weight is 261 g/mol. The van der Waals surface area contributed by atoms with E-state index in [9.17, 15) is 13.2 Å². The summed E-state index contributed by atoms with van der Waals surface area (Å²) >= 11 is 0.849. The highest BCUT2D eigenvalue weighted by atomic mass is 32.2. The molecular weight excluding hydrogens is 250 g/mol. The second-order valence-corrected chi connectivity index (χ2v) is 6.85. The van der Waals surface area contributed by atoms with Crippen LogP contribution < -0.4 is 0 Å². The summed E-state index contributed by atoms with van der Waals surface area (Å²) in [5.41, 5.74) is 0. The summed E-state index contributed by atoms with van der Waals surface area (Å²) in [6, 6.07) is 0. The third-order valence-corrected chi connectivity index (χ3v) is 5.47. The molecule has 0 bridgehead atoms. The number of nitrogens with zero attached hydrogens (tertiary/aromatic N) is 3. The lowest BCUT2D eigenvalue weighted by molar-refractivity contribution is 0.0650. The van der Waals surface area contributed by atoms with Crippen molar-refractivity contribution in [3.8, 4) is 0 Å². The maximum atomic E-state index is 11.7. The van der Waals surface area contributed by atoms with Crippen LogP contribution in [0.1, 0.15) is 23.1 Å². The number of hydrogen-bond acceptors (Lipinski definition) is 6. The fraction of sp³-hybridized carbons (Fsp3) is 0.625. The fourth-order valence-corrected chi connectivity index (χ4v) is 3.26. The molecule has 2 rings (SSSR count). The van der Waals surface area contributed by atoms with E-state index in [1.54, 1.807) is 4.90 Å². The minimum Gasteiger partial charge on any atom is -0.336 e. The van der Waals surface area contributed by atoms with Crippen molar-refractivity contribution in [1.82, 2.24) is 15.1 Å². The number of rotatable bonds is 3. The van der Waals surface area contributed by atoms with E-state index >= 15 is 0 Å². The van der Waals surface area contributed by atoms with Crippen LogP contribution in [-0.2, 0) is 9.84 Å². The van der Waals surface area contributed by atoms with Gasteiger partial charge in [0, 0.05) is 13.1 Å². The number of hydrogen-bond donors (Lipinski definition) is 0. The first-order chi connectivity index (χ1) is 7.54. The van der Waals surface area contributed by atoms with Gasteiger partial charge in [0.25, 0.3) is 5.91 Å². The molecule has 6 nitrogen and oxygen atoms in total. The molecule has 16 heavy (non-hydrogen) atoms. The molecule has 0 radical (unpaired) electrons. The second kappa shape index (κ2) is 4.10. The smallest absolute Gasteiger partial charge is 0.284 e. The maximum Gasteiger partial charge on any atom is 0.284 e. The van der Waals surface area contributed by atoms with Crippen molar-refractivity contribution in [1.29, 1.82) is 0 Å². The Hall–Kier alpha value is -1.02. The Labute approximate surface area is 97.2 Å². The van der Waals surface area contributed by atoms with Crippen LogP contribution in [0.4, 0.5) is 0 Å². The van der Waals surface area contributed by atoms with Gasteiger partial charge in [0.2, 0.25) is 19.2 Å². The molecule has 1 fully saturated rings. The van der Waals surface area contributed by atoms with Crippen molar-refractivity contribution >= 4 is 27.1 Å². The highest BCUT2D eigenvalue weighted by Gasteiger charge is 2.27. The van der Waals surface area contributed by atoms with Crippen LogP contribution in [0.15, 0.2) is 4.34 Å². The first-order valence-electron chi connectivity index (χ1n) is 4.90. The molecule has 1 aliphatic heterocycles. The van der Waals surface area contributed by atoms with Gasteiger partial charge in [0.1, 0.15) is 0 Å². The third-order valence-electron chi connectivity index (χ3n) is 2.38. The minimum atomic E-state index is -3.35. The molecule has 0 atom stereocenters. The minimum absolute atomic E-state index is 0.0282. The monoisotopic (exact) mass is 261 g/mol. The Balaban J connectivity index is 2.22. The van der Waals surface area contributed by atoms with Crippen molar-refractivity contribution in [2.75, 3.05) is 18.8 Å². The molecule has 1 aliphatic rings. The first kappa shape index (κ1) is 11.5. The molecule has 0 N–H and O–H groups in total. The summed E-state index contributed by atoms with van der Waals surface area (Å²) in [6.07, 6.45) is 0.991. The maximum absolute atomic E-state index is 11.7. The SMILES string of the molecule is CCS(=O)(=O)c1nnc(C(=O)N2CCC2)s1. The number of likely N-dealkylation sites (tertiary alicyclic amines) is 1. The molecule has 1 saturated heterocycles. The highest BCUT2D eigenvalue weighted by Crippen LogP contribution is 2.20. The van der Waals surface area contributed by atoms with E-state index in [1.165, 1.54) is 6.92 Å². The number of sulfone groups is 1. The summed E-state index contributed by atoms with van der Waals surface area (Å²) in [7, 11) is -3.35. The predicted molar refractivity (Wildman–Crippen MR) is 58.2 cm³/mol. The lowest BCUT2D eigenvalue weighted by Gasteiger charge is -2.29. The van der Waals surface area contributed by atoms with Gasteiger partial charge in [-0.1, -0.05) is 18.3 Å². The van der Waals surface area contributed by atoms with E-state index in [0.29, 0.717) is 13.1 Å². The first-order valence-corrected chi connectivity index (χ1v) is 7.37. The zero-order chi connectivity index (χ0) is 11.8. The van der Waals surface area contributed by atoms with E-state index in [2.05, 4.69) is 10.2 Å². The summed E-state index contributed by atoms with van der Waals surface area (Å²) in [5.74, 6) is -0.249. The van der Waals surface area contributed by atoms with Gasteiger partial charge in [0.05, 0.1) is 5.75 Å². The molecule has 88 valence electrons. The lowest BCUT2D eigenvalue weighted by atomic mass is 10.2. The van der Waals surface area contributed by atoms with Crippen molar-refractivity contribution in [3.05, 3.63) is 5.01 Å². The third kappa shape index (κ3) is 1.94. The van der Waals surface area contributed by atoms with Crippen LogP contribution in [0.25, 0.3) is 0 Å². The van der Waals surface area contributed by atoms with Crippen molar-refractivity contribution < 1.29 is 13.2 Å². The van der Waals surface area contributed by atoms with Gasteiger partial charge in [-0.2, -0.15) is 0 Å². The van der Waals surface area contributed by atoms with Gasteiger partial charge >= 0.3 is 0 Å². The Morgan fingerprint density at radius 3 is 2.62 bits per heavy atom. The molecule has 0 aliphatic carbocycles. The van der Waals surface area contributed by atoms with Gasteiger partial charge in [-0.25, -0.2) is 8.42 Å². The zero-order valence-corrected chi connectivity index (χ0v) is 10.3. The molecular formula is C8H11N3O3S2. The highest BCUT2D eigenvalue weighted by molar-refractivity contribution is 7.93. The van der Waals surface area contributed by atoms with Crippen LogP contribution in [0.2, 0.25) is 0 Å². The lowest BCUT2D eigenvalue weighted by Crippen LogP contribution is -2.41. The van der Waals surface area contributed by atoms with E-state index in [-0.39, 0.29) is 21.0 Å². The standard InChI is InChI=1S/C8H11N3O3S2/c1-2-16(13,14)8-10-9-6(15-8)7(12)11-4-3-5-11/h2-5H2,1H3. The second-order valence-electron chi connectivity index (χ2n) is 3.42. The van der Waals surface area contributed by atoms with Crippen molar-refractivity contribution in [2.24, 2.45) is 0 Å². The molecule has 0 spiro atoms. The molecule has 1 aromatic rings. The number of carbonyl (C=O) groups excluding carboxylic acids is 1. The average Bonchev–Trinajstić information content (AvgIpc) is 2.64. The molecule has 0 aromatic carbocycles. The number of carbonyl (C=O) groups is 1. The zero-order valence-electron chi connectivity index (χ0n) is 8.71. The number of aromatic nitrogens is 2. The van der Waals surface area contributed by atoms with Crippen molar-refractivity contribution in [2.45, 2.75) is 17.7 Å². The number of amides is 1. The van der Waals surface area contributed by atoms with E-state index in [4.69, 9.17) is 0 Å². The van der Waals surface area contributed by atoms with E-state index in [1.807, 2.05) is 0 Å². The summed E-state index contributed by atoms with van der Waals surface area (Å²) in [4.78, 5) is 13.3. The topological polar surface area (TPSA) is 80.2 Å². The van der Waals surface area contributed by atoms with Crippen molar-refractivity contribution in [3.63, 3.8) is 0 Å². The van der Waals surface area contributed by atoms with Gasteiger partial charge < -0.3 is 4.90 Å². The fourth-order valence-electron chi connectivity index (χ4n) is 1.20. The molecule has 1 amide bonds.